The van der Waals surface area contributed by atoms with E-state index in [9.17, 15) is 9.59 Å². The van der Waals surface area contributed by atoms with Crippen molar-refractivity contribution in [2.45, 2.75) is 25.2 Å². The van der Waals surface area contributed by atoms with Gasteiger partial charge in [-0.25, -0.2) is 0 Å². The molecule has 2 heterocycles. The number of amides is 2. The van der Waals surface area contributed by atoms with Crippen LogP contribution in [0.5, 0.6) is 0 Å². The molecule has 0 saturated carbocycles. The molecule has 2 fully saturated rings. The van der Waals surface area contributed by atoms with E-state index in [-0.39, 0.29) is 18.4 Å². The third-order valence-corrected chi connectivity index (χ3v) is 5.78. The molecule has 0 aliphatic carbocycles. The first-order valence-corrected chi connectivity index (χ1v) is 10.2. The second-order valence-electron chi connectivity index (χ2n) is 7.44. The highest BCUT2D eigenvalue weighted by Gasteiger charge is 2.43. The minimum atomic E-state index is -0.627. The molecule has 0 radical (unpaired) electrons. The van der Waals surface area contributed by atoms with Crippen molar-refractivity contribution in [3.63, 3.8) is 0 Å². The molecule has 2 aliphatic rings. The Morgan fingerprint density at radius 2 is 1.79 bits per heavy atom. The quantitative estimate of drug-likeness (QED) is 0.787. The minimum Gasteiger partial charge on any atom is -0.374 e. The number of hydrogen-bond donors (Lipinski definition) is 1. The topological polar surface area (TPSA) is 61.9 Å². The smallest absolute Gasteiger partial charge is 0.248 e. The molecule has 152 valence electrons. The highest BCUT2D eigenvalue weighted by molar-refractivity contribution is 6.31. The number of fused-ring (bicyclic) bond motifs is 1. The standard InChI is InChI=1S/C22H24ClN3O3/c23-18-9-5-4-8-17(18)12-25-10-11-26-20(13-25)21(27)24-19(22(26)28)15-29-14-16-6-2-1-3-7-16/h1-9,19-20H,10-15H2,(H,24,27)/t19-,20+/m0/s1. The Hall–Kier alpha value is -2.41. The normalized spacial score (nSPS) is 22.3. The number of carbonyl (C=O) groups is 2. The van der Waals surface area contributed by atoms with Crippen molar-refractivity contribution in [3.8, 4) is 0 Å². The van der Waals surface area contributed by atoms with Crippen molar-refractivity contribution in [1.82, 2.24) is 15.1 Å². The molecule has 2 aromatic carbocycles. The van der Waals surface area contributed by atoms with Gasteiger partial charge >= 0.3 is 0 Å². The zero-order valence-corrected chi connectivity index (χ0v) is 16.8. The van der Waals surface area contributed by atoms with Crippen LogP contribution in [-0.2, 0) is 27.5 Å². The molecule has 29 heavy (non-hydrogen) atoms. The van der Waals surface area contributed by atoms with Gasteiger partial charge < -0.3 is 15.0 Å². The Kier molecular flexibility index (Phi) is 6.13. The number of carbonyl (C=O) groups excluding carboxylic acids is 2. The molecule has 0 aromatic heterocycles. The molecule has 6 nitrogen and oxygen atoms in total. The number of rotatable bonds is 6. The van der Waals surface area contributed by atoms with Crippen LogP contribution in [-0.4, -0.2) is 59.9 Å². The van der Waals surface area contributed by atoms with Gasteiger partial charge in [-0.05, 0) is 17.2 Å². The van der Waals surface area contributed by atoms with Gasteiger partial charge in [0.1, 0.15) is 12.1 Å². The SMILES string of the molecule is O=C1N[C@@H](COCc2ccccc2)C(=O)N2CCN(Cc3ccccc3Cl)C[C@H]12. The number of benzene rings is 2. The molecule has 7 heteroatoms. The summed E-state index contributed by atoms with van der Waals surface area (Å²) in [5, 5.41) is 3.56. The van der Waals surface area contributed by atoms with E-state index in [2.05, 4.69) is 10.2 Å². The molecule has 2 saturated heterocycles. The van der Waals surface area contributed by atoms with E-state index in [1.54, 1.807) is 4.90 Å². The molecule has 2 aliphatic heterocycles. The largest absolute Gasteiger partial charge is 0.374 e. The number of piperazine rings is 2. The molecule has 2 amide bonds. The third kappa shape index (κ3) is 4.61. The van der Waals surface area contributed by atoms with Gasteiger partial charge in [-0.15, -0.1) is 0 Å². The van der Waals surface area contributed by atoms with E-state index in [0.29, 0.717) is 32.8 Å². The molecule has 0 spiro atoms. The zero-order valence-electron chi connectivity index (χ0n) is 16.1. The van der Waals surface area contributed by atoms with Crippen molar-refractivity contribution in [3.05, 3.63) is 70.7 Å². The highest BCUT2D eigenvalue weighted by atomic mass is 35.5. The lowest BCUT2D eigenvalue weighted by Gasteiger charge is -2.45. The monoisotopic (exact) mass is 413 g/mol. The number of hydrogen-bond acceptors (Lipinski definition) is 4. The maximum atomic E-state index is 12.9. The van der Waals surface area contributed by atoms with Gasteiger partial charge in [0.2, 0.25) is 11.8 Å². The zero-order chi connectivity index (χ0) is 20.2. The summed E-state index contributed by atoms with van der Waals surface area (Å²) >= 11 is 6.26. The first-order chi connectivity index (χ1) is 14.1. The van der Waals surface area contributed by atoms with E-state index in [0.717, 1.165) is 16.1 Å². The van der Waals surface area contributed by atoms with Gasteiger partial charge in [0.25, 0.3) is 0 Å². The lowest BCUT2D eigenvalue weighted by atomic mass is 10.0. The van der Waals surface area contributed by atoms with Crippen LogP contribution >= 0.6 is 11.6 Å². The minimum absolute atomic E-state index is 0.0694. The summed E-state index contributed by atoms with van der Waals surface area (Å²) < 4.78 is 5.68. The first kappa shape index (κ1) is 19.9. The molecule has 2 aromatic rings. The van der Waals surface area contributed by atoms with E-state index in [4.69, 9.17) is 16.3 Å². The van der Waals surface area contributed by atoms with Crippen molar-refractivity contribution >= 4 is 23.4 Å². The predicted molar refractivity (Wildman–Crippen MR) is 110 cm³/mol. The first-order valence-electron chi connectivity index (χ1n) is 9.80. The summed E-state index contributed by atoms with van der Waals surface area (Å²) in [4.78, 5) is 29.4. The predicted octanol–water partition coefficient (Wildman–Crippen LogP) is 2.07. The Morgan fingerprint density at radius 3 is 2.59 bits per heavy atom. The van der Waals surface area contributed by atoms with Gasteiger partial charge in [-0.2, -0.15) is 0 Å². The average Bonchev–Trinajstić information content (AvgIpc) is 2.74. The lowest BCUT2D eigenvalue weighted by molar-refractivity contribution is -0.155. The summed E-state index contributed by atoms with van der Waals surface area (Å²) in [5.41, 5.74) is 2.06. The van der Waals surface area contributed by atoms with E-state index in [1.165, 1.54) is 0 Å². The van der Waals surface area contributed by atoms with Gasteiger partial charge in [-0.3, -0.25) is 14.5 Å². The summed E-state index contributed by atoms with van der Waals surface area (Å²) in [6.45, 7) is 2.98. The Morgan fingerprint density at radius 1 is 1.03 bits per heavy atom. The number of halogens is 1. The molecule has 2 atom stereocenters. The molecule has 1 N–H and O–H groups in total. The average molecular weight is 414 g/mol. The summed E-state index contributed by atoms with van der Waals surface area (Å²) in [6, 6.07) is 16.4. The summed E-state index contributed by atoms with van der Waals surface area (Å²) in [5.74, 6) is -0.193. The van der Waals surface area contributed by atoms with Crippen molar-refractivity contribution in [2.24, 2.45) is 0 Å². The fourth-order valence-electron chi connectivity index (χ4n) is 3.85. The third-order valence-electron chi connectivity index (χ3n) is 5.41. The van der Waals surface area contributed by atoms with Gasteiger partial charge in [-0.1, -0.05) is 60.1 Å². The fraction of sp³-hybridized carbons (Fsp3) is 0.364. The van der Waals surface area contributed by atoms with Crippen LogP contribution in [0.3, 0.4) is 0 Å². The second-order valence-corrected chi connectivity index (χ2v) is 7.84. The Labute approximate surface area is 175 Å². The second kappa shape index (κ2) is 8.95. The van der Waals surface area contributed by atoms with Crippen molar-refractivity contribution in [1.29, 1.82) is 0 Å². The van der Waals surface area contributed by atoms with Gasteiger partial charge in [0.05, 0.1) is 13.2 Å². The van der Waals surface area contributed by atoms with Crippen LogP contribution < -0.4 is 5.32 Å². The highest BCUT2D eigenvalue weighted by Crippen LogP contribution is 2.21. The van der Waals surface area contributed by atoms with E-state index in [1.807, 2.05) is 54.6 Å². The van der Waals surface area contributed by atoms with Gasteiger partial charge in [0.15, 0.2) is 0 Å². The Bertz CT molecular complexity index is 877. The molecule has 0 bridgehead atoms. The van der Waals surface area contributed by atoms with Crippen molar-refractivity contribution in [2.75, 3.05) is 26.2 Å². The number of ether oxygens (including phenoxy) is 1. The van der Waals surface area contributed by atoms with Crippen LogP contribution in [0.1, 0.15) is 11.1 Å². The van der Waals surface area contributed by atoms with E-state index >= 15 is 0 Å². The van der Waals surface area contributed by atoms with Crippen LogP contribution in [0.4, 0.5) is 0 Å². The number of nitrogens with one attached hydrogen (secondary N) is 1. The molecule has 4 rings (SSSR count). The Balaban J connectivity index is 1.33. The maximum absolute atomic E-state index is 12.9. The van der Waals surface area contributed by atoms with Crippen LogP contribution in [0.15, 0.2) is 54.6 Å². The van der Waals surface area contributed by atoms with Crippen LogP contribution in [0.2, 0.25) is 5.02 Å². The molecule has 0 unspecified atom stereocenters. The van der Waals surface area contributed by atoms with Gasteiger partial charge in [0, 0.05) is 31.2 Å². The van der Waals surface area contributed by atoms with Crippen LogP contribution in [0, 0.1) is 0 Å². The van der Waals surface area contributed by atoms with Crippen molar-refractivity contribution < 1.29 is 14.3 Å². The summed E-state index contributed by atoms with van der Waals surface area (Å²) in [6.07, 6.45) is 0. The van der Waals surface area contributed by atoms with Crippen LogP contribution in [0.25, 0.3) is 0 Å². The van der Waals surface area contributed by atoms with E-state index < -0.39 is 12.1 Å². The molecular weight excluding hydrogens is 390 g/mol. The summed E-state index contributed by atoms with van der Waals surface area (Å²) in [7, 11) is 0. The lowest BCUT2D eigenvalue weighted by Crippen LogP contribution is -2.69. The fourth-order valence-corrected chi connectivity index (χ4v) is 4.05. The maximum Gasteiger partial charge on any atom is 0.248 e. The molecular formula is C22H24ClN3O3. The number of nitrogens with zero attached hydrogens (tertiary/aromatic N) is 2.